The Morgan fingerprint density at radius 2 is 2.15 bits per heavy atom. The second-order valence-electron chi connectivity index (χ2n) is 6.07. The first kappa shape index (κ1) is 15.1. The molecule has 1 aliphatic carbocycles. The fourth-order valence-corrected chi connectivity index (χ4v) is 3.23. The zero-order valence-electron chi connectivity index (χ0n) is 12.1. The number of aliphatic carboxylic acids is 1. The van der Waals surface area contributed by atoms with Crippen molar-refractivity contribution in [2.45, 2.75) is 57.8 Å². The fraction of sp³-hybridized carbons (Fsp3) is 0.750. The van der Waals surface area contributed by atoms with Gasteiger partial charge in [0, 0.05) is 25.9 Å². The quantitative estimate of drug-likeness (QED) is 0.787. The van der Waals surface area contributed by atoms with Crippen molar-refractivity contribution in [1.82, 2.24) is 4.90 Å². The van der Waals surface area contributed by atoms with Crippen LogP contribution >= 0.6 is 0 Å². The minimum atomic E-state index is -0.735. The van der Waals surface area contributed by atoms with Crippen LogP contribution < -0.4 is 0 Å². The van der Waals surface area contributed by atoms with Crippen LogP contribution in [0.15, 0.2) is 11.6 Å². The number of likely N-dealkylation sites (tertiary alicyclic amines) is 1. The van der Waals surface area contributed by atoms with Gasteiger partial charge in [-0.1, -0.05) is 11.6 Å². The van der Waals surface area contributed by atoms with E-state index in [0.717, 1.165) is 38.8 Å². The molecule has 112 valence electrons. The molecule has 0 unspecified atom stereocenters. The fourth-order valence-electron chi connectivity index (χ4n) is 3.23. The topological polar surface area (TPSA) is 57.6 Å². The zero-order chi connectivity index (χ0) is 14.4. The number of hydrogen-bond acceptors (Lipinski definition) is 2. The molecule has 0 aromatic heterocycles. The summed E-state index contributed by atoms with van der Waals surface area (Å²) in [5.74, 6) is -0.136. The number of carboxylic acids is 1. The van der Waals surface area contributed by atoms with Gasteiger partial charge in [-0.25, -0.2) is 0 Å². The van der Waals surface area contributed by atoms with Crippen LogP contribution in [0.3, 0.4) is 0 Å². The van der Waals surface area contributed by atoms with Crippen LogP contribution in [0, 0.1) is 5.92 Å². The smallest absolute Gasteiger partial charge is 0.303 e. The van der Waals surface area contributed by atoms with Crippen molar-refractivity contribution in [3.8, 4) is 0 Å². The molecule has 0 aromatic rings. The molecule has 4 heteroatoms. The Morgan fingerprint density at radius 3 is 2.85 bits per heavy atom. The molecule has 2 rings (SSSR count). The number of amides is 1. The van der Waals surface area contributed by atoms with Crippen molar-refractivity contribution in [2.24, 2.45) is 5.92 Å². The van der Waals surface area contributed by atoms with Gasteiger partial charge < -0.3 is 10.0 Å². The third-order valence-corrected chi connectivity index (χ3v) is 4.40. The summed E-state index contributed by atoms with van der Waals surface area (Å²) >= 11 is 0. The van der Waals surface area contributed by atoms with Crippen molar-refractivity contribution < 1.29 is 14.7 Å². The van der Waals surface area contributed by atoms with Gasteiger partial charge in [-0.2, -0.15) is 0 Å². The van der Waals surface area contributed by atoms with Crippen molar-refractivity contribution in [2.75, 3.05) is 13.1 Å². The largest absolute Gasteiger partial charge is 0.481 e. The van der Waals surface area contributed by atoms with Gasteiger partial charge in [0.2, 0.25) is 5.91 Å². The molecular weight excluding hydrogens is 254 g/mol. The van der Waals surface area contributed by atoms with Crippen molar-refractivity contribution in [1.29, 1.82) is 0 Å². The lowest BCUT2D eigenvalue weighted by Gasteiger charge is -2.33. The monoisotopic (exact) mass is 279 g/mol. The lowest BCUT2D eigenvalue weighted by molar-refractivity contribution is -0.137. The van der Waals surface area contributed by atoms with E-state index in [0.29, 0.717) is 18.8 Å². The number of hydrogen-bond donors (Lipinski definition) is 1. The highest BCUT2D eigenvalue weighted by molar-refractivity contribution is 5.78. The van der Waals surface area contributed by atoms with E-state index in [4.69, 9.17) is 5.11 Å². The summed E-state index contributed by atoms with van der Waals surface area (Å²) in [6.45, 7) is 1.59. The van der Waals surface area contributed by atoms with Crippen LogP contribution in [0.1, 0.15) is 57.8 Å². The maximum Gasteiger partial charge on any atom is 0.303 e. The highest BCUT2D eigenvalue weighted by Crippen LogP contribution is 2.24. The van der Waals surface area contributed by atoms with Crippen molar-refractivity contribution in [3.63, 3.8) is 0 Å². The van der Waals surface area contributed by atoms with Gasteiger partial charge in [0.25, 0.3) is 0 Å². The number of carboxylic acid groups (broad SMARTS) is 1. The van der Waals surface area contributed by atoms with Crippen LogP contribution in [0.5, 0.6) is 0 Å². The van der Waals surface area contributed by atoms with E-state index < -0.39 is 5.97 Å². The van der Waals surface area contributed by atoms with Gasteiger partial charge in [-0.15, -0.1) is 0 Å². The Kier molecular flexibility index (Phi) is 5.62. The lowest BCUT2D eigenvalue weighted by Crippen LogP contribution is -2.40. The van der Waals surface area contributed by atoms with Crippen LogP contribution in [-0.4, -0.2) is 35.0 Å². The number of carbonyl (C=O) groups is 2. The second-order valence-corrected chi connectivity index (χ2v) is 6.07. The van der Waals surface area contributed by atoms with E-state index >= 15 is 0 Å². The zero-order valence-corrected chi connectivity index (χ0v) is 12.1. The maximum absolute atomic E-state index is 12.3. The molecule has 1 aliphatic heterocycles. The van der Waals surface area contributed by atoms with E-state index in [2.05, 4.69) is 6.08 Å². The first-order chi connectivity index (χ1) is 9.65. The summed E-state index contributed by atoms with van der Waals surface area (Å²) in [6.07, 6.45) is 10.4. The standard InChI is InChI=1S/C16H25NO3/c18-15(11-13-5-2-1-3-6-13)17-10-4-7-14(12-17)8-9-16(19)20/h5,14H,1-4,6-12H2,(H,19,20)/t14-/m1/s1. The minimum Gasteiger partial charge on any atom is -0.481 e. The molecule has 4 nitrogen and oxygen atoms in total. The number of carbonyl (C=O) groups excluding carboxylic acids is 1. The van der Waals surface area contributed by atoms with Crippen LogP contribution in [0.25, 0.3) is 0 Å². The minimum absolute atomic E-state index is 0.220. The highest BCUT2D eigenvalue weighted by Gasteiger charge is 2.24. The Morgan fingerprint density at radius 1 is 1.30 bits per heavy atom. The maximum atomic E-state index is 12.3. The molecule has 1 fully saturated rings. The van der Waals surface area contributed by atoms with E-state index in [1.165, 1.54) is 18.4 Å². The number of piperidine rings is 1. The first-order valence-corrected chi connectivity index (χ1v) is 7.82. The SMILES string of the molecule is O=C(O)CC[C@H]1CCCN(C(=O)CC2=CCCCC2)C1. The van der Waals surface area contributed by atoms with Crippen molar-refractivity contribution in [3.05, 3.63) is 11.6 Å². The first-order valence-electron chi connectivity index (χ1n) is 7.82. The molecule has 1 saturated heterocycles. The second kappa shape index (κ2) is 7.46. The van der Waals surface area contributed by atoms with Gasteiger partial charge in [0.15, 0.2) is 0 Å². The molecule has 0 aromatic carbocycles. The van der Waals surface area contributed by atoms with E-state index in [1.807, 2.05) is 4.90 Å². The predicted octanol–water partition coefficient (Wildman–Crippen LogP) is 2.98. The molecular formula is C16H25NO3. The van der Waals surface area contributed by atoms with Gasteiger partial charge in [-0.3, -0.25) is 9.59 Å². The number of allylic oxidation sites excluding steroid dienone is 1. The lowest BCUT2D eigenvalue weighted by atomic mass is 9.92. The van der Waals surface area contributed by atoms with E-state index in [1.54, 1.807) is 0 Å². The van der Waals surface area contributed by atoms with Gasteiger partial charge in [0.1, 0.15) is 0 Å². The normalized spacial score (nSPS) is 23.3. The van der Waals surface area contributed by atoms with E-state index in [9.17, 15) is 9.59 Å². The van der Waals surface area contributed by atoms with Gasteiger partial charge in [-0.05, 0) is 50.9 Å². The molecule has 1 amide bonds. The Balaban J connectivity index is 1.80. The van der Waals surface area contributed by atoms with Crippen LogP contribution in [0.2, 0.25) is 0 Å². The Bertz CT molecular complexity index is 389. The average molecular weight is 279 g/mol. The molecule has 1 atom stereocenters. The van der Waals surface area contributed by atoms with Crippen LogP contribution in [0.4, 0.5) is 0 Å². The third-order valence-electron chi connectivity index (χ3n) is 4.40. The third kappa shape index (κ3) is 4.66. The predicted molar refractivity (Wildman–Crippen MR) is 77.3 cm³/mol. The average Bonchev–Trinajstić information content (AvgIpc) is 2.46. The Hall–Kier alpha value is -1.32. The molecule has 0 saturated carbocycles. The number of nitrogens with zero attached hydrogens (tertiary/aromatic N) is 1. The molecule has 0 radical (unpaired) electrons. The summed E-state index contributed by atoms with van der Waals surface area (Å²) in [5, 5.41) is 8.75. The summed E-state index contributed by atoms with van der Waals surface area (Å²) in [5.41, 5.74) is 1.30. The molecule has 0 spiro atoms. The van der Waals surface area contributed by atoms with E-state index in [-0.39, 0.29) is 12.3 Å². The van der Waals surface area contributed by atoms with Crippen LogP contribution in [-0.2, 0) is 9.59 Å². The molecule has 1 heterocycles. The molecule has 2 aliphatic rings. The Labute approximate surface area is 120 Å². The molecule has 0 bridgehead atoms. The summed E-state index contributed by atoms with van der Waals surface area (Å²) in [4.78, 5) is 24.9. The summed E-state index contributed by atoms with van der Waals surface area (Å²) in [7, 11) is 0. The summed E-state index contributed by atoms with van der Waals surface area (Å²) in [6, 6.07) is 0. The van der Waals surface area contributed by atoms with Crippen molar-refractivity contribution >= 4 is 11.9 Å². The highest BCUT2D eigenvalue weighted by atomic mass is 16.4. The van der Waals surface area contributed by atoms with Gasteiger partial charge >= 0.3 is 5.97 Å². The number of rotatable bonds is 5. The van der Waals surface area contributed by atoms with Gasteiger partial charge in [0.05, 0.1) is 0 Å². The molecule has 1 N–H and O–H groups in total. The molecule has 20 heavy (non-hydrogen) atoms. The summed E-state index contributed by atoms with van der Waals surface area (Å²) < 4.78 is 0.